The monoisotopic (exact) mass is 486 g/mol. The van der Waals surface area contributed by atoms with Gasteiger partial charge in [-0.15, -0.1) is 10.2 Å². The predicted octanol–water partition coefficient (Wildman–Crippen LogP) is 6.08. The number of nitrogens with one attached hydrogen (secondary N) is 1. The van der Waals surface area contributed by atoms with Gasteiger partial charge in [0, 0.05) is 23.4 Å². The second-order valence-electron chi connectivity index (χ2n) is 8.74. The van der Waals surface area contributed by atoms with Crippen LogP contribution in [0.25, 0.3) is 0 Å². The van der Waals surface area contributed by atoms with Crippen LogP contribution in [-0.2, 0) is 18.7 Å². The van der Waals surface area contributed by atoms with Crippen LogP contribution in [0.2, 0.25) is 0 Å². The average molecular weight is 487 g/mol. The summed E-state index contributed by atoms with van der Waals surface area (Å²) in [6.07, 6.45) is 0.887. The van der Waals surface area contributed by atoms with E-state index >= 15 is 0 Å². The molecule has 1 aromatic heterocycles. The quantitative estimate of drug-likeness (QED) is 0.275. The van der Waals surface area contributed by atoms with E-state index in [1.54, 1.807) is 18.9 Å². The molecule has 6 nitrogen and oxygen atoms in total. The van der Waals surface area contributed by atoms with Gasteiger partial charge in [0.1, 0.15) is 11.6 Å². The Bertz CT molecular complexity index is 1240. The number of hydrogen-bond donors (Lipinski definition) is 1. The molecule has 0 aliphatic carbocycles. The molecule has 0 saturated carbocycles. The molecule has 0 spiro atoms. The van der Waals surface area contributed by atoms with Gasteiger partial charge in [-0.3, -0.25) is 4.79 Å². The highest BCUT2D eigenvalue weighted by Gasteiger charge is 2.15. The SMILES string of the molecule is COc1ccc(NC(=O)c2ccc(CSc3nnc(CC(C)C)n3Cc3ccccc3)cc2)cc1. The Morgan fingerprint density at radius 3 is 2.31 bits per heavy atom. The molecule has 1 heterocycles. The van der Waals surface area contributed by atoms with Gasteiger partial charge >= 0.3 is 0 Å². The van der Waals surface area contributed by atoms with Gasteiger partial charge < -0.3 is 14.6 Å². The molecule has 0 unspecified atom stereocenters. The highest BCUT2D eigenvalue weighted by Crippen LogP contribution is 2.24. The Morgan fingerprint density at radius 1 is 0.943 bits per heavy atom. The van der Waals surface area contributed by atoms with E-state index in [4.69, 9.17) is 4.74 Å². The van der Waals surface area contributed by atoms with E-state index < -0.39 is 0 Å². The van der Waals surface area contributed by atoms with Gasteiger partial charge in [0.2, 0.25) is 0 Å². The Morgan fingerprint density at radius 2 is 1.66 bits per heavy atom. The lowest BCUT2D eigenvalue weighted by atomic mass is 10.1. The summed E-state index contributed by atoms with van der Waals surface area (Å²) in [6, 6.07) is 25.4. The van der Waals surface area contributed by atoms with Crippen molar-refractivity contribution < 1.29 is 9.53 Å². The van der Waals surface area contributed by atoms with Crippen molar-refractivity contribution in [1.82, 2.24) is 14.8 Å². The molecule has 180 valence electrons. The number of carbonyl (C=O) groups excluding carboxylic acids is 1. The van der Waals surface area contributed by atoms with Crippen molar-refractivity contribution in [2.24, 2.45) is 5.92 Å². The third-order valence-corrected chi connectivity index (χ3v) is 6.54. The number of thioether (sulfide) groups is 1. The zero-order valence-electron chi connectivity index (χ0n) is 20.3. The smallest absolute Gasteiger partial charge is 0.255 e. The maximum absolute atomic E-state index is 12.6. The van der Waals surface area contributed by atoms with Crippen LogP contribution in [0.4, 0.5) is 5.69 Å². The van der Waals surface area contributed by atoms with Gasteiger partial charge in [-0.05, 0) is 53.4 Å². The van der Waals surface area contributed by atoms with E-state index in [0.717, 1.165) is 46.7 Å². The molecule has 1 amide bonds. The minimum absolute atomic E-state index is 0.143. The lowest BCUT2D eigenvalue weighted by Crippen LogP contribution is -2.11. The second-order valence-corrected chi connectivity index (χ2v) is 9.68. The third-order valence-electron chi connectivity index (χ3n) is 5.50. The lowest BCUT2D eigenvalue weighted by Gasteiger charge is -2.12. The second kappa shape index (κ2) is 11.7. The molecule has 0 saturated heterocycles. The van der Waals surface area contributed by atoms with Gasteiger partial charge in [-0.1, -0.05) is 68.1 Å². The van der Waals surface area contributed by atoms with Gasteiger partial charge in [-0.2, -0.15) is 0 Å². The first kappa shape index (κ1) is 24.5. The number of rotatable bonds is 10. The molecular weight excluding hydrogens is 456 g/mol. The maximum atomic E-state index is 12.6. The summed E-state index contributed by atoms with van der Waals surface area (Å²) in [5.74, 6) is 2.87. The minimum Gasteiger partial charge on any atom is -0.497 e. The number of carbonyl (C=O) groups is 1. The summed E-state index contributed by atoms with van der Waals surface area (Å²) >= 11 is 1.66. The highest BCUT2D eigenvalue weighted by atomic mass is 32.2. The maximum Gasteiger partial charge on any atom is 0.255 e. The van der Waals surface area contributed by atoms with Crippen LogP contribution >= 0.6 is 11.8 Å². The van der Waals surface area contributed by atoms with Crippen LogP contribution in [-0.4, -0.2) is 27.8 Å². The van der Waals surface area contributed by atoms with Gasteiger partial charge in [-0.25, -0.2) is 0 Å². The van der Waals surface area contributed by atoms with Crippen LogP contribution in [0.15, 0.2) is 84.0 Å². The van der Waals surface area contributed by atoms with Crippen LogP contribution < -0.4 is 10.1 Å². The number of aromatic nitrogens is 3. The normalized spacial score (nSPS) is 11.0. The number of anilines is 1. The van der Waals surface area contributed by atoms with Crippen molar-refractivity contribution >= 4 is 23.4 Å². The Kier molecular flexibility index (Phi) is 8.21. The van der Waals surface area contributed by atoms with E-state index in [0.29, 0.717) is 11.5 Å². The topological polar surface area (TPSA) is 69.0 Å². The summed E-state index contributed by atoms with van der Waals surface area (Å²) in [5, 5.41) is 12.8. The zero-order chi connectivity index (χ0) is 24.6. The van der Waals surface area contributed by atoms with Gasteiger partial charge in [0.05, 0.1) is 13.7 Å². The van der Waals surface area contributed by atoms with Crippen molar-refractivity contribution in [3.05, 3.63) is 101 Å². The first-order valence-corrected chi connectivity index (χ1v) is 12.6. The molecule has 0 atom stereocenters. The molecule has 4 aromatic rings. The van der Waals surface area contributed by atoms with E-state index in [1.807, 2.05) is 54.6 Å². The van der Waals surface area contributed by atoms with Crippen molar-refractivity contribution in [2.45, 2.75) is 37.7 Å². The minimum atomic E-state index is -0.143. The van der Waals surface area contributed by atoms with Crippen molar-refractivity contribution in [3.8, 4) is 5.75 Å². The van der Waals surface area contributed by atoms with Crippen LogP contribution in [0.5, 0.6) is 5.75 Å². The Labute approximate surface area is 210 Å². The van der Waals surface area contributed by atoms with Crippen LogP contribution in [0.1, 0.15) is 41.2 Å². The largest absolute Gasteiger partial charge is 0.497 e. The molecule has 35 heavy (non-hydrogen) atoms. The Hall–Kier alpha value is -3.58. The number of ether oxygens (including phenoxy) is 1. The van der Waals surface area contributed by atoms with E-state index in [2.05, 4.69) is 58.2 Å². The van der Waals surface area contributed by atoms with Crippen molar-refractivity contribution in [1.29, 1.82) is 0 Å². The van der Waals surface area contributed by atoms with Crippen LogP contribution in [0.3, 0.4) is 0 Å². The summed E-state index contributed by atoms with van der Waals surface area (Å²) < 4.78 is 7.38. The molecule has 3 aromatic carbocycles. The summed E-state index contributed by atoms with van der Waals surface area (Å²) in [7, 11) is 1.62. The van der Waals surface area contributed by atoms with E-state index in [-0.39, 0.29) is 5.91 Å². The summed E-state index contributed by atoms with van der Waals surface area (Å²) in [6.45, 7) is 5.14. The fraction of sp³-hybridized carbons (Fsp3) is 0.250. The average Bonchev–Trinajstić information content (AvgIpc) is 3.24. The fourth-order valence-electron chi connectivity index (χ4n) is 3.64. The number of methoxy groups -OCH3 is 1. The van der Waals surface area contributed by atoms with E-state index in [1.165, 1.54) is 5.56 Å². The number of nitrogens with zero attached hydrogens (tertiary/aromatic N) is 3. The molecule has 4 rings (SSSR count). The van der Waals surface area contributed by atoms with Crippen molar-refractivity contribution in [3.63, 3.8) is 0 Å². The molecule has 0 radical (unpaired) electrons. The molecule has 7 heteroatoms. The number of benzene rings is 3. The molecule has 0 aliphatic rings. The van der Waals surface area contributed by atoms with Crippen LogP contribution in [0, 0.1) is 5.92 Å². The third kappa shape index (κ3) is 6.73. The summed E-state index contributed by atoms with van der Waals surface area (Å²) in [4.78, 5) is 12.6. The molecule has 1 N–H and O–H groups in total. The van der Waals surface area contributed by atoms with Gasteiger partial charge in [0.15, 0.2) is 5.16 Å². The number of amides is 1. The Balaban J connectivity index is 1.41. The number of hydrogen-bond acceptors (Lipinski definition) is 5. The molecular formula is C28H30N4O2S. The molecule has 0 aliphatic heterocycles. The molecule has 0 bridgehead atoms. The standard InChI is InChI=1S/C28H30N4O2S/c1-20(2)17-26-30-31-28(32(26)18-21-7-5-4-6-8-21)35-19-22-9-11-23(12-10-22)27(33)29-24-13-15-25(34-3)16-14-24/h4-16,20H,17-19H2,1-3H3,(H,29,33). The first-order valence-electron chi connectivity index (χ1n) is 11.6. The van der Waals surface area contributed by atoms with Gasteiger partial charge in [0.25, 0.3) is 5.91 Å². The lowest BCUT2D eigenvalue weighted by molar-refractivity contribution is 0.102. The fourth-order valence-corrected chi connectivity index (χ4v) is 4.56. The van der Waals surface area contributed by atoms with E-state index in [9.17, 15) is 4.79 Å². The van der Waals surface area contributed by atoms with Crippen molar-refractivity contribution in [2.75, 3.05) is 12.4 Å². The zero-order valence-corrected chi connectivity index (χ0v) is 21.1. The first-order chi connectivity index (χ1) is 17.0. The predicted molar refractivity (Wildman–Crippen MR) is 141 cm³/mol. The highest BCUT2D eigenvalue weighted by molar-refractivity contribution is 7.98. The molecule has 0 fully saturated rings. The summed E-state index contributed by atoms with van der Waals surface area (Å²) in [5.41, 5.74) is 3.69.